The number of ether oxygens (including phenoxy) is 1. The average molecular weight is 348 g/mol. The molecule has 122 valence electrons. The van der Waals surface area contributed by atoms with Gasteiger partial charge in [-0.2, -0.15) is 5.26 Å². The summed E-state index contributed by atoms with van der Waals surface area (Å²) < 4.78 is 31.6. The molecule has 0 spiro atoms. The number of methoxy groups -OCH3 is 1. The lowest BCUT2D eigenvalue weighted by atomic mass is 10.1. The summed E-state index contributed by atoms with van der Waals surface area (Å²) in [5, 5.41) is 12.9. The van der Waals surface area contributed by atoms with Crippen LogP contribution in [0, 0.1) is 23.0 Å². The molecule has 3 aromatic rings. The van der Waals surface area contributed by atoms with Crippen LogP contribution in [-0.2, 0) is 0 Å². The predicted molar refractivity (Wildman–Crippen MR) is 89.9 cm³/mol. The lowest BCUT2D eigenvalue weighted by Crippen LogP contribution is -1.98. The molecule has 0 saturated heterocycles. The first-order valence-electron chi connectivity index (χ1n) is 6.71. The highest BCUT2D eigenvalue weighted by atomic mass is 35.5. The van der Waals surface area contributed by atoms with E-state index in [0.29, 0.717) is 33.6 Å². The maximum atomic E-state index is 13.4. The fourth-order valence-corrected chi connectivity index (χ4v) is 2.24. The van der Waals surface area contributed by atoms with Crippen LogP contribution in [-0.4, -0.2) is 12.1 Å². The van der Waals surface area contributed by atoms with E-state index in [1.807, 2.05) is 6.07 Å². The molecule has 0 bridgehead atoms. The van der Waals surface area contributed by atoms with Crippen molar-refractivity contribution in [2.24, 2.45) is 0 Å². The summed E-state index contributed by atoms with van der Waals surface area (Å²) in [6.45, 7) is 0. The molecular formula is C17H12ClF2N3O. The third-order valence-corrected chi connectivity index (χ3v) is 3.39. The number of nitriles is 1. The van der Waals surface area contributed by atoms with Gasteiger partial charge in [0.15, 0.2) is 11.6 Å². The number of halogens is 3. The molecule has 24 heavy (non-hydrogen) atoms. The lowest BCUT2D eigenvalue weighted by Gasteiger charge is -2.12. The number of aromatic nitrogens is 1. The Morgan fingerprint density at radius 3 is 2.58 bits per heavy atom. The Labute approximate surface area is 143 Å². The van der Waals surface area contributed by atoms with Gasteiger partial charge in [-0.05, 0) is 24.3 Å². The summed E-state index contributed by atoms with van der Waals surface area (Å²) in [4.78, 5) is 4.22. The normalized spacial score (nSPS) is 9.92. The summed E-state index contributed by atoms with van der Waals surface area (Å²) in [5.74, 6) is -1.26. The zero-order valence-electron chi connectivity index (χ0n) is 12.5. The zero-order valence-corrected chi connectivity index (χ0v) is 13.3. The van der Waals surface area contributed by atoms with Crippen LogP contribution in [0.3, 0.4) is 0 Å². The Bertz CT molecular complexity index is 941. The fourth-order valence-electron chi connectivity index (χ4n) is 2.24. The number of benzene rings is 2. The quantitative estimate of drug-likeness (QED) is 0.754. The van der Waals surface area contributed by atoms with Gasteiger partial charge >= 0.3 is 0 Å². The van der Waals surface area contributed by atoms with Crippen molar-refractivity contribution in [3.05, 3.63) is 59.8 Å². The van der Waals surface area contributed by atoms with Gasteiger partial charge in [0.2, 0.25) is 0 Å². The van der Waals surface area contributed by atoms with Crippen molar-refractivity contribution in [1.29, 1.82) is 5.26 Å². The minimum absolute atomic E-state index is 0. The second-order valence-electron chi connectivity index (χ2n) is 4.80. The van der Waals surface area contributed by atoms with Gasteiger partial charge in [-0.1, -0.05) is 0 Å². The second kappa shape index (κ2) is 7.11. The summed E-state index contributed by atoms with van der Waals surface area (Å²) >= 11 is 0. The van der Waals surface area contributed by atoms with Crippen molar-refractivity contribution in [2.75, 3.05) is 12.4 Å². The van der Waals surface area contributed by atoms with Crippen molar-refractivity contribution in [1.82, 2.24) is 4.98 Å². The molecule has 0 aliphatic heterocycles. The van der Waals surface area contributed by atoms with E-state index < -0.39 is 11.6 Å². The van der Waals surface area contributed by atoms with Gasteiger partial charge in [0, 0.05) is 29.4 Å². The lowest BCUT2D eigenvalue weighted by molar-refractivity contribution is 0.415. The van der Waals surface area contributed by atoms with Gasteiger partial charge in [-0.15, -0.1) is 12.4 Å². The van der Waals surface area contributed by atoms with E-state index in [2.05, 4.69) is 10.3 Å². The van der Waals surface area contributed by atoms with Crippen LogP contribution in [0.5, 0.6) is 5.75 Å². The maximum absolute atomic E-state index is 13.4. The van der Waals surface area contributed by atoms with Crippen molar-refractivity contribution >= 4 is 34.7 Å². The average Bonchev–Trinajstić information content (AvgIpc) is 2.58. The molecule has 0 amide bonds. The predicted octanol–water partition coefficient (Wildman–Crippen LogP) is 4.56. The van der Waals surface area contributed by atoms with Gasteiger partial charge in [0.25, 0.3) is 0 Å². The molecule has 7 heteroatoms. The minimum atomic E-state index is -0.964. The molecule has 1 aromatic heterocycles. The molecule has 0 fully saturated rings. The molecule has 1 heterocycles. The molecule has 0 saturated carbocycles. The van der Waals surface area contributed by atoms with Crippen molar-refractivity contribution in [3.63, 3.8) is 0 Å². The smallest absolute Gasteiger partial charge is 0.160 e. The van der Waals surface area contributed by atoms with Crippen LogP contribution < -0.4 is 10.1 Å². The van der Waals surface area contributed by atoms with E-state index in [9.17, 15) is 14.0 Å². The molecule has 4 nitrogen and oxygen atoms in total. The molecule has 0 unspecified atom stereocenters. The second-order valence-corrected chi connectivity index (χ2v) is 4.80. The standard InChI is InChI=1S/C17H11F2N3O.ClH/c1-23-12-3-4-13-16(7-12)21-9-10(8-20)17(13)22-11-2-5-14(18)15(19)6-11;/h2-7,9H,1H3,(H,21,22);1H. The number of pyridine rings is 1. The van der Waals surface area contributed by atoms with Crippen LogP contribution in [0.2, 0.25) is 0 Å². The molecule has 0 aliphatic rings. The van der Waals surface area contributed by atoms with Gasteiger partial charge in [-0.25, -0.2) is 8.78 Å². The number of nitrogens with one attached hydrogen (secondary N) is 1. The Kier molecular flexibility index (Phi) is 5.17. The van der Waals surface area contributed by atoms with Crippen LogP contribution in [0.4, 0.5) is 20.2 Å². The van der Waals surface area contributed by atoms with Crippen LogP contribution in [0.25, 0.3) is 10.9 Å². The van der Waals surface area contributed by atoms with E-state index in [1.165, 1.54) is 12.3 Å². The van der Waals surface area contributed by atoms with Crippen molar-refractivity contribution < 1.29 is 13.5 Å². The zero-order chi connectivity index (χ0) is 16.4. The Hall–Kier alpha value is -2.91. The minimum Gasteiger partial charge on any atom is -0.497 e. The summed E-state index contributed by atoms with van der Waals surface area (Å²) in [6.07, 6.45) is 1.42. The number of hydrogen-bond acceptors (Lipinski definition) is 4. The number of anilines is 2. The monoisotopic (exact) mass is 347 g/mol. The third-order valence-electron chi connectivity index (χ3n) is 3.39. The summed E-state index contributed by atoms with van der Waals surface area (Å²) in [5.41, 5.74) is 1.73. The van der Waals surface area contributed by atoms with Crippen molar-refractivity contribution in [3.8, 4) is 11.8 Å². The first kappa shape index (κ1) is 17.4. The molecule has 0 radical (unpaired) electrons. The molecule has 3 rings (SSSR count). The fraction of sp³-hybridized carbons (Fsp3) is 0.0588. The number of fused-ring (bicyclic) bond motifs is 1. The Morgan fingerprint density at radius 2 is 1.92 bits per heavy atom. The molecular weight excluding hydrogens is 336 g/mol. The highest BCUT2D eigenvalue weighted by Crippen LogP contribution is 2.31. The van der Waals surface area contributed by atoms with E-state index in [4.69, 9.17) is 4.74 Å². The van der Waals surface area contributed by atoms with E-state index >= 15 is 0 Å². The van der Waals surface area contributed by atoms with Gasteiger partial charge in [-0.3, -0.25) is 4.98 Å². The highest BCUT2D eigenvalue weighted by Gasteiger charge is 2.11. The Morgan fingerprint density at radius 1 is 1.12 bits per heavy atom. The summed E-state index contributed by atoms with van der Waals surface area (Å²) in [7, 11) is 1.55. The Balaban J connectivity index is 0.00000208. The number of hydrogen-bond donors (Lipinski definition) is 1. The van der Waals surface area contributed by atoms with Crippen molar-refractivity contribution in [2.45, 2.75) is 0 Å². The van der Waals surface area contributed by atoms with Crippen LogP contribution in [0.15, 0.2) is 42.6 Å². The topological polar surface area (TPSA) is 57.9 Å². The van der Waals surface area contributed by atoms with E-state index in [1.54, 1.807) is 25.3 Å². The first-order valence-corrected chi connectivity index (χ1v) is 6.71. The van der Waals surface area contributed by atoms with Gasteiger partial charge in [0.1, 0.15) is 11.8 Å². The highest BCUT2D eigenvalue weighted by molar-refractivity contribution is 5.96. The van der Waals surface area contributed by atoms with Crippen LogP contribution in [0.1, 0.15) is 5.56 Å². The van der Waals surface area contributed by atoms with E-state index in [-0.39, 0.29) is 12.4 Å². The molecule has 2 aromatic carbocycles. The molecule has 0 atom stereocenters. The SMILES string of the molecule is COc1ccc2c(Nc3ccc(F)c(F)c3)c(C#N)cnc2c1.Cl. The largest absolute Gasteiger partial charge is 0.497 e. The van der Waals surface area contributed by atoms with Crippen LogP contribution >= 0.6 is 12.4 Å². The van der Waals surface area contributed by atoms with E-state index in [0.717, 1.165) is 12.1 Å². The number of rotatable bonds is 3. The number of nitrogens with zero attached hydrogens (tertiary/aromatic N) is 2. The molecule has 1 N–H and O–H groups in total. The maximum Gasteiger partial charge on any atom is 0.160 e. The van der Waals surface area contributed by atoms with Gasteiger partial charge in [0.05, 0.1) is 23.9 Å². The molecule has 0 aliphatic carbocycles. The third kappa shape index (κ3) is 3.21. The summed E-state index contributed by atoms with van der Waals surface area (Å²) in [6, 6.07) is 10.7. The first-order chi connectivity index (χ1) is 11.1. The van der Waals surface area contributed by atoms with Gasteiger partial charge < -0.3 is 10.1 Å².